The highest BCUT2D eigenvalue weighted by molar-refractivity contribution is 5.22. The van der Waals surface area contributed by atoms with Gasteiger partial charge in [-0.15, -0.1) is 0 Å². The summed E-state index contributed by atoms with van der Waals surface area (Å²) in [6, 6.07) is 6.57. The van der Waals surface area contributed by atoms with Crippen LogP contribution >= 0.6 is 0 Å². The Morgan fingerprint density at radius 3 is 2.31 bits per heavy atom. The van der Waals surface area contributed by atoms with Crippen LogP contribution in [0.3, 0.4) is 0 Å². The lowest BCUT2D eigenvalue weighted by molar-refractivity contribution is -0.0374. The van der Waals surface area contributed by atoms with E-state index in [0.717, 1.165) is 5.56 Å². The number of hydrogen-bond acceptors (Lipinski definition) is 2. The van der Waals surface area contributed by atoms with E-state index in [1.165, 1.54) is 12.1 Å². The second kappa shape index (κ2) is 5.41. The zero-order valence-corrected chi connectivity index (χ0v) is 10.4. The van der Waals surface area contributed by atoms with E-state index in [1.54, 1.807) is 12.1 Å². The Morgan fingerprint density at radius 2 is 1.88 bits per heavy atom. The SMILES string of the molecule is CCOC(C)(C)C(NC)c1ccc(F)cc1. The summed E-state index contributed by atoms with van der Waals surface area (Å²) >= 11 is 0. The maximum atomic E-state index is 12.8. The van der Waals surface area contributed by atoms with E-state index < -0.39 is 0 Å². The molecule has 2 nitrogen and oxygen atoms in total. The van der Waals surface area contributed by atoms with Crippen molar-refractivity contribution < 1.29 is 9.13 Å². The van der Waals surface area contributed by atoms with E-state index in [2.05, 4.69) is 5.32 Å². The maximum absolute atomic E-state index is 12.8. The van der Waals surface area contributed by atoms with Crippen LogP contribution in [0.15, 0.2) is 24.3 Å². The molecule has 0 saturated heterocycles. The van der Waals surface area contributed by atoms with Crippen molar-refractivity contribution in [1.82, 2.24) is 5.32 Å². The van der Waals surface area contributed by atoms with Crippen molar-refractivity contribution in [3.05, 3.63) is 35.6 Å². The predicted octanol–water partition coefficient (Wildman–Crippen LogP) is 2.90. The van der Waals surface area contributed by atoms with Crippen LogP contribution in [0.4, 0.5) is 4.39 Å². The number of hydrogen-bond donors (Lipinski definition) is 1. The van der Waals surface area contributed by atoms with Crippen molar-refractivity contribution in [2.45, 2.75) is 32.4 Å². The molecule has 0 spiro atoms. The number of ether oxygens (including phenoxy) is 1. The summed E-state index contributed by atoms with van der Waals surface area (Å²) in [5.41, 5.74) is 0.712. The minimum Gasteiger partial charge on any atom is -0.374 e. The third-order valence-corrected chi connectivity index (χ3v) is 2.70. The molecule has 1 unspecified atom stereocenters. The van der Waals surface area contributed by atoms with Gasteiger partial charge in [0.25, 0.3) is 0 Å². The Kier molecular flexibility index (Phi) is 4.44. The lowest BCUT2D eigenvalue weighted by atomic mass is 9.91. The molecule has 0 heterocycles. The average Bonchev–Trinajstić information content (AvgIpc) is 2.21. The van der Waals surface area contributed by atoms with Gasteiger partial charge in [-0.25, -0.2) is 4.39 Å². The van der Waals surface area contributed by atoms with Crippen molar-refractivity contribution in [1.29, 1.82) is 0 Å². The maximum Gasteiger partial charge on any atom is 0.123 e. The van der Waals surface area contributed by atoms with Crippen LogP contribution in [0, 0.1) is 5.82 Å². The Bertz CT molecular complexity index is 321. The lowest BCUT2D eigenvalue weighted by Crippen LogP contribution is -2.40. The van der Waals surface area contributed by atoms with E-state index in [-0.39, 0.29) is 17.5 Å². The van der Waals surface area contributed by atoms with Gasteiger partial charge in [0.15, 0.2) is 0 Å². The summed E-state index contributed by atoms with van der Waals surface area (Å²) in [4.78, 5) is 0. The number of nitrogens with one attached hydrogen (secondary N) is 1. The van der Waals surface area contributed by atoms with Gasteiger partial charge in [0.2, 0.25) is 0 Å². The first-order valence-corrected chi connectivity index (χ1v) is 5.58. The van der Waals surface area contributed by atoms with Crippen LogP contribution < -0.4 is 5.32 Å². The van der Waals surface area contributed by atoms with Gasteiger partial charge in [-0.3, -0.25) is 0 Å². The first-order valence-electron chi connectivity index (χ1n) is 5.58. The van der Waals surface area contributed by atoms with Crippen molar-refractivity contribution in [2.24, 2.45) is 0 Å². The molecule has 0 fully saturated rings. The molecule has 1 aromatic carbocycles. The first-order chi connectivity index (χ1) is 7.51. The minimum atomic E-state index is -0.318. The van der Waals surface area contributed by atoms with Crippen LogP contribution in [0.1, 0.15) is 32.4 Å². The van der Waals surface area contributed by atoms with Gasteiger partial charge in [0.1, 0.15) is 5.82 Å². The molecule has 0 radical (unpaired) electrons. The quantitative estimate of drug-likeness (QED) is 0.832. The third kappa shape index (κ3) is 3.03. The number of rotatable bonds is 5. The Labute approximate surface area is 96.8 Å². The second-order valence-electron chi connectivity index (χ2n) is 4.31. The van der Waals surface area contributed by atoms with Gasteiger partial charge in [0, 0.05) is 6.61 Å². The Balaban J connectivity index is 2.93. The number of benzene rings is 1. The standard InChI is InChI=1S/C13H20FNO/c1-5-16-13(2,3)12(15-4)10-6-8-11(14)9-7-10/h6-9,12,15H,5H2,1-4H3. The van der Waals surface area contributed by atoms with Gasteiger partial charge >= 0.3 is 0 Å². The molecule has 1 rings (SSSR count). The summed E-state index contributed by atoms with van der Waals surface area (Å²) in [7, 11) is 1.88. The molecule has 0 aromatic heterocycles. The number of halogens is 1. The monoisotopic (exact) mass is 225 g/mol. The summed E-state index contributed by atoms with van der Waals surface area (Å²) < 4.78 is 18.6. The van der Waals surface area contributed by atoms with Crippen LogP contribution in [0.5, 0.6) is 0 Å². The van der Waals surface area contributed by atoms with E-state index in [0.29, 0.717) is 6.61 Å². The molecule has 1 aromatic rings. The largest absolute Gasteiger partial charge is 0.374 e. The molecule has 0 aliphatic rings. The molecule has 16 heavy (non-hydrogen) atoms. The fourth-order valence-corrected chi connectivity index (χ4v) is 2.03. The van der Waals surface area contributed by atoms with Crippen LogP contribution in [-0.2, 0) is 4.74 Å². The first kappa shape index (κ1) is 13.1. The summed E-state index contributed by atoms with van der Waals surface area (Å²) in [6.07, 6.45) is 0. The highest BCUT2D eigenvalue weighted by Gasteiger charge is 2.29. The zero-order chi connectivity index (χ0) is 12.2. The molecule has 1 atom stereocenters. The molecular weight excluding hydrogens is 205 g/mol. The van der Waals surface area contributed by atoms with E-state index in [1.807, 2.05) is 27.8 Å². The highest BCUT2D eigenvalue weighted by Crippen LogP contribution is 2.28. The van der Waals surface area contributed by atoms with Crippen LogP contribution in [-0.4, -0.2) is 19.3 Å². The summed E-state index contributed by atoms with van der Waals surface area (Å²) in [5, 5.41) is 3.22. The fraction of sp³-hybridized carbons (Fsp3) is 0.538. The topological polar surface area (TPSA) is 21.3 Å². The zero-order valence-electron chi connectivity index (χ0n) is 10.4. The molecule has 90 valence electrons. The number of likely N-dealkylation sites (N-methyl/N-ethyl adjacent to an activating group) is 1. The van der Waals surface area contributed by atoms with Gasteiger partial charge < -0.3 is 10.1 Å². The second-order valence-corrected chi connectivity index (χ2v) is 4.31. The predicted molar refractivity (Wildman–Crippen MR) is 63.9 cm³/mol. The van der Waals surface area contributed by atoms with Gasteiger partial charge in [-0.1, -0.05) is 12.1 Å². The summed E-state index contributed by atoms with van der Waals surface area (Å²) in [5.74, 6) is -0.215. The van der Waals surface area contributed by atoms with Crippen molar-refractivity contribution in [2.75, 3.05) is 13.7 Å². The average molecular weight is 225 g/mol. The summed E-state index contributed by atoms with van der Waals surface area (Å²) in [6.45, 7) is 6.69. The van der Waals surface area contributed by atoms with Gasteiger partial charge in [-0.05, 0) is 45.5 Å². The fourth-order valence-electron chi connectivity index (χ4n) is 2.03. The van der Waals surface area contributed by atoms with Crippen LogP contribution in [0.25, 0.3) is 0 Å². The molecule has 0 aliphatic heterocycles. The molecule has 0 aliphatic carbocycles. The normalized spacial score (nSPS) is 13.8. The lowest BCUT2D eigenvalue weighted by Gasteiger charge is -2.34. The highest BCUT2D eigenvalue weighted by atomic mass is 19.1. The molecule has 0 saturated carbocycles. The van der Waals surface area contributed by atoms with Crippen LogP contribution in [0.2, 0.25) is 0 Å². The third-order valence-electron chi connectivity index (χ3n) is 2.70. The molecular formula is C13H20FNO. The van der Waals surface area contributed by atoms with Gasteiger partial charge in [-0.2, -0.15) is 0 Å². The smallest absolute Gasteiger partial charge is 0.123 e. The molecule has 3 heteroatoms. The molecule has 0 amide bonds. The van der Waals surface area contributed by atoms with E-state index in [4.69, 9.17) is 4.74 Å². The van der Waals surface area contributed by atoms with Crippen molar-refractivity contribution in [3.63, 3.8) is 0 Å². The Morgan fingerprint density at radius 1 is 1.31 bits per heavy atom. The molecule has 0 bridgehead atoms. The Hall–Kier alpha value is -0.930. The van der Waals surface area contributed by atoms with E-state index in [9.17, 15) is 4.39 Å². The van der Waals surface area contributed by atoms with Crippen molar-refractivity contribution in [3.8, 4) is 0 Å². The van der Waals surface area contributed by atoms with Crippen molar-refractivity contribution >= 4 is 0 Å². The molecule has 1 N–H and O–H groups in total. The van der Waals surface area contributed by atoms with Gasteiger partial charge in [0.05, 0.1) is 11.6 Å². The van der Waals surface area contributed by atoms with E-state index >= 15 is 0 Å². The minimum absolute atomic E-state index is 0.0491.